The first-order valence-corrected chi connectivity index (χ1v) is 12.3. The second kappa shape index (κ2) is 10.5. The number of amides is 1. The van der Waals surface area contributed by atoms with Gasteiger partial charge in [-0.05, 0) is 57.0 Å². The number of ether oxygens (including phenoxy) is 2. The minimum Gasteiger partial charge on any atom is -0.495 e. The molecule has 1 N–H and O–H groups in total. The molecule has 0 bridgehead atoms. The van der Waals surface area contributed by atoms with E-state index >= 15 is 0 Å². The molecule has 2 heterocycles. The van der Waals surface area contributed by atoms with Crippen LogP contribution in [-0.2, 0) is 19.6 Å². The van der Waals surface area contributed by atoms with E-state index < -0.39 is 28.0 Å². The van der Waals surface area contributed by atoms with E-state index in [0.717, 1.165) is 19.3 Å². The topological polar surface area (TPSA) is 115 Å². The molecule has 2 atom stereocenters. The second-order valence-electron chi connectivity index (χ2n) is 7.72. The lowest BCUT2D eigenvalue weighted by Crippen LogP contribution is -2.42. The Balaban J connectivity index is 1.78. The number of methoxy groups -OCH3 is 1. The van der Waals surface area contributed by atoms with E-state index in [1.807, 2.05) is 6.92 Å². The van der Waals surface area contributed by atoms with Gasteiger partial charge in [-0.2, -0.15) is 4.31 Å². The van der Waals surface area contributed by atoms with Crippen LogP contribution in [0.5, 0.6) is 5.75 Å². The van der Waals surface area contributed by atoms with Crippen LogP contribution in [0, 0.1) is 0 Å². The van der Waals surface area contributed by atoms with Crippen LogP contribution in [-0.4, -0.2) is 55.4 Å². The number of hydrogen-bond donors (Lipinski definition) is 1. The molecule has 0 radical (unpaired) electrons. The van der Waals surface area contributed by atoms with Gasteiger partial charge in [0.15, 0.2) is 6.10 Å². The largest absolute Gasteiger partial charge is 0.495 e. The van der Waals surface area contributed by atoms with E-state index in [1.54, 1.807) is 6.07 Å². The number of rotatable bonds is 7. The molecule has 33 heavy (non-hydrogen) atoms. The highest BCUT2D eigenvalue weighted by Crippen LogP contribution is 2.32. The van der Waals surface area contributed by atoms with Crippen LogP contribution in [0.15, 0.2) is 41.4 Å². The quantitative estimate of drug-likeness (QED) is 0.584. The maximum atomic E-state index is 13.3. The predicted molar refractivity (Wildman–Crippen MR) is 123 cm³/mol. The second-order valence-corrected chi connectivity index (χ2v) is 10.0. The minimum atomic E-state index is -3.90. The highest BCUT2D eigenvalue weighted by atomic mass is 35.5. The SMILES string of the molecule is COc1ccc(C(=O)O[C@@H](C)C(=O)Nc2ccc(Cl)cn2)cc1S(=O)(=O)N1CCCC[C@H]1C. The molecule has 2 aromatic rings. The van der Waals surface area contributed by atoms with Crippen molar-refractivity contribution < 1.29 is 27.5 Å². The first kappa shape index (κ1) is 24.9. The Morgan fingerprint density at radius 1 is 1.24 bits per heavy atom. The molecule has 1 amide bonds. The van der Waals surface area contributed by atoms with Crippen LogP contribution in [0.2, 0.25) is 5.02 Å². The third kappa shape index (κ3) is 5.82. The number of piperidine rings is 1. The van der Waals surface area contributed by atoms with Crippen molar-refractivity contribution in [3.8, 4) is 5.75 Å². The average molecular weight is 496 g/mol. The number of anilines is 1. The predicted octanol–water partition coefficient (Wildman–Crippen LogP) is 3.49. The van der Waals surface area contributed by atoms with Gasteiger partial charge in [-0.25, -0.2) is 18.2 Å². The Morgan fingerprint density at radius 3 is 2.64 bits per heavy atom. The molecule has 178 valence electrons. The van der Waals surface area contributed by atoms with Gasteiger partial charge in [0.1, 0.15) is 16.5 Å². The summed E-state index contributed by atoms with van der Waals surface area (Å²) in [5.74, 6) is -1.06. The molecule has 1 aliphatic heterocycles. The number of halogens is 1. The number of esters is 1. The highest BCUT2D eigenvalue weighted by Gasteiger charge is 2.34. The Kier molecular flexibility index (Phi) is 7.93. The standard InChI is InChI=1S/C22H26ClN3O6S/c1-14-6-4-5-11-26(14)33(29,30)19-12-16(7-9-18(19)31-3)22(28)32-15(2)21(27)25-20-10-8-17(23)13-24-20/h7-10,12-15H,4-6,11H2,1-3H3,(H,24,25,27)/t14-,15+/m1/s1. The monoisotopic (exact) mass is 495 g/mol. The zero-order chi connectivity index (χ0) is 24.2. The number of benzene rings is 1. The van der Waals surface area contributed by atoms with Gasteiger partial charge in [-0.3, -0.25) is 4.79 Å². The lowest BCUT2D eigenvalue weighted by molar-refractivity contribution is -0.123. The number of nitrogens with one attached hydrogen (secondary N) is 1. The maximum Gasteiger partial charge on any atom is 0.338 e. The van der Waals surface area contributed by atoms with Gasteiger partial charge in [0.2, 0.25) is 10.0 Å². The third-order valence-corrected chi connectivity index (χ3v) is 7.62. The molecule has 0 spiro atoms. The first-order valence-electron chi connectivity index (χ1n) is 10.5. The third-order valence-electron chi connectivity index (χ3n) is 5.36. The van der Waals surface area contributed by atoms with Crippen molar-refractivity contribution in [3.05, 3.63) is 47.1 Å². The number of pyridine rings is 1. The number of aromatic nitrogens is 1. The van der Waals surface area contributed by atoms with E-state index in [0.29, 0.717) is 11.6 Å². The Morgan fingerprint density at radius 2 is 2.00 bits per heavy atom. The van der Waals surface area contributed by atoms with Gasteiger partial charge in [-0.15, -0.1) is 0 Å². The van der Waals surface area contributed by atoms with Gasteiger partial charge >= 0.3 is 5.97 Å². The number of sulfonamides is 1. The Bertz CT molecular complexity index is 1120. The molecule has 0 unspecified atom stereocenters. The molecule has 1 saturated heterocycles. The Labute approximate surface area is 198 Å². The van der Waals surface area contributed by atoms with Crippen LogP contribution in [0.4, 0.5) is 5.82 Å². The van der Waals surface area contributed by atoms with Crippen molar-refractivity contribution in [1.82, 2.24) is 9.29 Å². The van der Waals surface area contributed by atoms with Crippen LogP contribution < -0.4 is 10.1 Å². The van der Waals surface area contributed by atoms with Crippen molar-refractivity contribution in [2.45, 2.75) is 50.2 Å². The number of nitrogens with zero attached hydrogens (tertiary/aromatic N) is 2. The lowest BCUT2D eigenvalue weighted by Gasteiger charge is -2.32. The van der Waals surface area contributed by atoms with Gasteiger partial charge in [0.25, 0.3) is 5.91 Å². The van der Waals surface area contributed by atoms with E-state index in [1.165, 1.54) is 48.8 Å². The van der Waals surface area contributed by atoms with E-state index in [9.17, 15) is 18.0 Å². The molecular weight excluding hydrogens is 470 g/mol. The molecule has 1 aromatic heterocycles. The summed E-state index contributed by atoms with van der Waals surface area (Å²) in [4.78, 5) is 28.9. The summed E-state index contributed by atoms with van der Waals surface area (Å²) in [6.45, 7) is 3.66. The molecule has 0 aliphatic carbocycles. The highest BCUT2D eigenvalue weighted by molar-refractivity contribution is 7.89. The molecular formula is C22H26ClN3O6S. The van der Waals surface area contributed by atoms with E-state index in [2.05, 4.69) is 10.3 Å². The fourth-order valence-electron chi connectivity index (χ4n) is 3.52. The summed E-state index contributed by atoms with van der Waals surface area (Å²) < 4.78 is 38.6. The summed E-state index contributed by atoms with van der Waals surface area (Å²) in [6.07, 6.45) is 2.71. The van der Waals surface area contributed by atoms with E-state index in [-0.39, 0.29) is 28.1 Å². The van der Waals surface area contributed by atoms with Gasteiger partial charge in [-0.1, -0.05) is 18.0 Å². The molecule has 11 heteroatoms. The zero-order valence-corrected chi connectivity index (χ0v) is 20.1. The number of carbonyl (C=O) groups is 2. The summed E-state index contributed by atoms with van der Waals surface area (Å²) in [5, 5.41) is 2.93. The van der Waals surface area contributed by atoms with Gasteiger partial charge < -0.3 is 14.8 Å². The van der Waals surface area contributed by atoms with Crippen LogP contribution >= 0.6 is 11.6 Å². The van der Waals surface area contributed by atoms with Crippen molar-refractivity contribution in [2.24, 2.45) is 0 Å². The normalized spacial score (nSPS) is 17.8. The molecule has 1 aromatic carbocycles. The summed E-state index contributed by atoms with van der Waals surface area (Å²) in [5.41, 5.74) is -0.0108. The molecule has 0 saturated carbocycles. The molecule has 3 rings (SSSR count). The van der Waals surface area contributed by atoms with Crippen molar-refractivity contribution in [3.63, 3.8) is 0 Å². The first-order chi connectivity index (χ1) is 15.6. The summed E-state index contributed by atoms with van der Waals surface area (Å²) >= 11 is 5.77. The minimum absolute atomic E-state index is 0.0108. The van der Waals surface area contributed by atoms with E-state index in [4.69, 9.17) is 21.1 Å². The smallest absolute Gasteiger partial charge is 0.338 e. The van der Waals surface area contributed by atoms with Gasteiger partial charge in [0, 0.05) is 18.8 Å². The van der Waals surface area contributed by atoms with Crippen molar-refractivity contribution >= 4 is 39.3 Å². The van der Waals surface area contributed by atoms with Gasteiger partial charge in [0.05, 0.1) is 17.7 Å². The Hall–Kier alpha value is -2.69. The fourth-order valence-corrected chi connectivity index (χ4v) is 5.51. The van der Waals surface area contributed by atoms with Crippen LogP contribution in [0.25, 0.3) is 0 Å². The number of hydrogen-bond acceptors (Lipinski definition) is 7. The van der Waals surface area contributed by atoms with Crippen molar-refractivity contribution in [2.75, 3.05) is 19.0 Å². The molecule has 1 aliphatic rings. The summed E-state index contributed by atoms with van der Waals surface area (Å²) in [7, 11) is -2.53. The molecule has 1 fully saturated rings. The van der Waals surface area contributed by atoms with Crippen LogP contribution in [0.3, 0.4) is 0 Å². The average Bonchev–Trinajstić information content (AvgIpc) is 2.80. The maximum absolute atomic E-state index is 13.3. The zero-order valence-electron chi connectivity index (χ0n) is 18.6. The molecule has 9 nitrogen and oxygen atoms in total. The van der Waals surface area contributed by atoms with Crippen molar-refractivity contribution in [1.29, 1.82) is 0 Å². The fraction of sp³-hybridized carbons (Fsp3) is 0.409. The van der Waals surface area contributed by atoms with Crippen LogP contribution in [0.1, 0.15) is 43.5 Å². The number of carbonyl (C=O) groups excluding carboxylic acids is 2. The summed E-state index contributed by atoms with van der Waals surface area (Å²) in [6, 6.07) is 6.93. The lowest BCUT2D eigenvalue weighted by atomic mass is 10.1.